The van der Waals surface area contributed by atoms with Gasteiger partial charge in [0.2, 0.25) is 0 Å². The first-order valence-corrected chi connectivity index (χ1v) is 8.18. The lowest BCUT2D eigenvalue weighted by Gasteiger charge is -2.12. The normalized spacial score (nSPS) is 10.5. The van der Waals surface area contributed by atoms with E-state index >= 15 is 0 Å². The van der Waals surface area contributed by atoms with Crippen LogP contribution in [0.2, 0.25) is 0 Å². The maximum Gasteiger partial charge on any atom is 0.291 e. The van der Waals surface area contributed by atoms with Crippen molar-refractivity contribution in [2.24, 2.45) is 0 Å². The van der Waals surface area contributed by atoms with E-state index in [1.165, 1.54) is 6.20 Å². The molecule has 0 aliphatic carbocycles. The predicted molar refractivity (Wildman–Crippen MR) is 94.3 cm³/mol. The fourth-order valence-electron chi connectivity index (χ4n) is 2.55. The summed E-state index contributed by atoms with van der Waals surface area (Å²) in [7, 11) is 0. The standard InChI is InChI=1S/C16H15BrN6O2/c1-9-7-11(10(2)23(9)14-6-4-3-5-12(14)17)15(24)20-21-16(25)13-8-18-22-19-13/h3-8H,1-2H3,(H,20,24)(H,21,25)(H,18,19,22). The molecule has 2 heterocycles. The molecule has 25 heavy (non-hydrogen) atoms. The third-order valence-corrected chi connectivity index (χ3v) is 4.38. The van der Waals surface area contributed by atoms with Crippen LogP contribution in [-0.4, -0.2) is 31.8 Å². The van der Waals surface area contributed by atoms with E-state index in [0.717, 1.165) is 21.5 Å². The molecule has 9 heteroatoms. The number of halogens is 1. The summed E-state index contributed by atoms with van der Waals surface area (Å²) in [6.45, 7) is 3.76. The molecule has 128 valence electrons. The molecule has 1 aromatic carbocycles. The van der Waals surface area contributed by atoms with Gasteiger partial charge in [0.25, 0.3) is 11.8 Å². The Morgan fingerprint density at radius 2 is 1.88 bits per heavy atom. The zero-order valence-corrected chi connectivity index (χ0v) is 15.1. The zero-order chi connectivity index (χ0) is 18.0. The van der Waals surface area contributed by atoms with Crippen molar-refractivity contribution in [3.63, 3.8) is 0 Å². The lowest BCUT2D eigenvalue weighted by molar-refractivity contribution is 0.0843. The number of benzene rings is 1. The number of para-hydroxylation sites is 1. The van der Waals surface area contributed by atoms with Crippen LogP contribution in [0, 0.1) is 13.8 Å². The summed E-state index contributed by atoms with van der Waals surface area (Å²) in [6, 6.07) is 9.52. The minimum absolute atomic E-state index is 0.0824. The van der Waals surface area contributed by atoms with Crippen molar-refractivity contribution in [1.29, 1.82) is 0 Å². The van der Waals surface area contributed by atoms with E-state index in [4.69, 9.17) is 0 Å². The van der Waals surface area contributed by atoms with Crippen LogP contribution in [0.15, 0.2) is 41.0 Å². The van der Waals surface area contributed by atoms with E-state index in [9.17, 15) is 9.59 Å². The van der Waals surface area contributed by atoms with E-state index in [2.05, 4.69) is 42.2 Å². The first-order chi connectivity index (χ1) is 12.0. The minimum atomic E-state index is -0.554. The number of carbonyl (C=O) groups is 2. The number of nitrogens with zero attached hydrogens (tertiary/aromatic N) is 3. The largest absolute Gasteiger partial charge is 0.317 e. The molecule has 3 N–H and O–H groups in total. The third-order valence-electron chi connectivity index (χ3n) is 3.71. The Balaban J connectivity index is 1.81. The monoisotopic (exact) mass is 402 g/mol. The molecule has 0 aliphatic heterocycles. The Kier molecular flexibility index (Phi) is 4.66. The van der Waals surface area contributed by atoms with Crippen LogP contribution in [0.4, 0.5) is 0 Å². The number of hydrogen-bond donors (Lipinski definition) is 3. The fraction of sp³-hybridized carbons (Fsp3) is 0.125. The topological polar surface area (TPSA) is 105 Å². The molecule has 0 atom stereocenters. The Labute approximate surface area is 151 Å². The summed E-state index contributed by atoms with van der Waals surface area (Å²) in [5.41, 5.74) is 7.84. The Morgan fingerprint density at radius 3 is 2.56 bits per heavy atom. The highest BCUT2D eigenvalue weighted by atomic mass is 79.9. The highest BCUT2D eigenvalue weighted by Gasteiger charge is 2.18. The maximum atomic E-state index is 12.4. The van der Waals surface area contributed by atoms with Crippen LogP contribution < -0.4 is 10.9 Å². The molecule has 3 rings (SSSR count). The fourth-order valence-corrected chi connectivity index (χ4v) is 3.01. The number of H-pyrrole nitrogens is 1. The van der Waals surface area contributed by atoms with Crippen LogP contribution in [0.1, 0.15) is 32.2 Å². The molecule has 8 nitrogen and oxygen atoms in total. The van der Waals surface area contributed by atoms with Gasteiger partial charge in [-0.25, -0.2) is 0 Å². The summed E-state index contributed by atoms with van der Waals surface area (Å²) < 4.78 is 2.89. The Morgan fingerprint density at radius 1 is 1.16 bits per heavy atom. The van der Waals surface area contributed by atoms with Gasteiger partial charge in [0.1, 0.15) is 0 Å². The molecular weight excluding hydrogens is 388 g/mol. The third kappa shape index (κ3) is 3.31. The van der Waals surface area contributed by atoms with Crippen molar-refractivity contribution in [2.75, 3.05) is 0 Å². The summed E-state index contributed by atoms with van der Waals surface area (Å²) in [5.74, 6) is -0.968. The van der Waals surface area contributed by atoms with Crippen LogP contribution in [-0.2, 0) is 0 Å². The van der Waals surface area contributed by atoms with Gasteiger partial charge >= 0.3 is 0 Å². The van der Waals surface area contributed by atoms with Crippen molar-refractivity contribution < 1.29 is 9.59 Å². The predicted octanol–water partition coefficient (Wildman–Crippen LogP) is 2.05. The lowest BCUT2D eigenvalue weighted by Crippen LogP contribution is -2.41. The SMILES string of the molecule is Cc1cc(C(=O)NNC(=O)c2cn[nH]n2)c(C)n1-c1ccccc1Br. The number of carbonyl (C=O) groups excluding carboxylic acids is 2. The van der Waals surface area contributed by atoms with E-state index in [-0.39, 0.29) is 5.69 Å². The van der Waals surface area contributed by atoms with Gasteiger partial charge in [-0.1, -0.05) is 12.1 Å². The molecule has 2 aromatic heterocycles. The van der Waals surface area contributed by atoms with E-state index < -0.39 is 11.8 Å². The van der Waals surface area contributed by atoms with Crippen LogP contribution >= 0.6 is 15.9 Å². The average Bonchev–Trinajstić information content (AvgIpc) is 3.22. The first-order valence-electron chi connectivity index (χ1n) is 7.39. The van der Waals surface area contributed by atoms with Crippen molar-refractivity contribution >= 4 is 27.7 Å². The van der Waals surface area contributed by atoms with E-state index in [1.54, 1.807) is 6.07 Å². The van der Waals surface area contributed by atoms with Crippen molar-refractivity contribution in [3.05, 3.63) is 63.6 Å². The Hall–Kier alpha value is -2.94. The van der Waals surface area contributed by atoms with E-state index in [1.807, 2.05) is 42.7 Å². The minimum Gasteiger partial charge on any atom is -0.317 e. The highest BCUT2D eigenvalue weighted by molar-refractivity contribution is 9.10. The summed E-state index contributed by atoms with van der Waals surface area (Å²) in [5, 5.41) is 9.52. The summed E-state index contributed by atoms with van der Waals surface area (Å²) >= 11 is 3.53. The number of aryl methyl sites for hydroxylation is 1. The number of nitrogens with one attached hydrogen (secondary N) is 3. The van der Waals surface area contributed by atoms with Crippen molar-refractivity contribution in [1.82, 2.24) is 30.8 Å². The van der Waals surface area contributed by atoms with E-state index in [0.29, 0.717) is 5.56 Å². The number of hydrogen-bond acceptors (Lipinski definition) is 4. The van der Waals surface area contributed by atoms with Gasteiger partial charge in [0, 0.05) is 15.9 Å². The van der Waals surface area contributed by atoms with Gasteiger partial charge < -0.3 is 4.57 Å². The number of hydrazine groups is 1. The molecule has 3 aromatic rings. The molecule has 0 aliphatic rings. The van der Waals surface area contributed by atoms with Crippen molar-refractivity contribution in [3.8, 4) is 5.69 Å². The van der Waals surface area contributed by atoms with Gasteiger partial charge in [-0.3, -0.25) is 20.4 Å². The van der Waals surface area contributed by atoms with Crippen molar-refractivity contribution in [2.45, 2.75) is 13.8 Å². The second-order valence-electron chi connectivity index (χ2n) is 5.34. The van der Waals surface area contributed by atoms with Gasteiger partial charge in [-0.05, 0) is 48.0 Å². The molecule has 0 saturated carbocycles. The molecular formula is C16H15BrN6O2. The second kappa shape index (κ2) is 6.89. The molecule has 0 unspecified atom stereocenters. The van der Waals surface area contributed by atoms with Crippen LogP contribution in [0.25, 0.3) is 5.69 Å². The zero-order valence-electron chi connectivity index (χ0n) is 13.5. The van der Waals surface area contributed by atoms with Gasteiger partial charge in [0.15, 0.2) is 5.69 Å². The molecule has 0 bridgehead atoms. The van der Waals surface area contributed by atoms with Gasteiger partial charge in [-0.15, -0.1) is 0 Å². The van der Waals surface area contributed by atoms with Crippen LogP contribution in [0.5, 0.6) is 0 Å². The Bertz CT molecular complexity index is 932. The molecule has 0 radical (unpaired) electrons. The van der Waals surface area contributed by atoms with Gasteiger partial charge in [-0.2, -0.15) is 15.4 Å². The number of amides is 2. The molecule has 0 spiro atoms. The molecule has 2 amide bonds. The highest BCUT2D eigenvalue weighted by Crippen LogP contribution is 2.26. The second-order valence-corrected chi connectivity index (χ2v) is 6.19. The lowest BCUT2D eigenvalue weighted by atomic mass is 10.2. The molecule has 0 saturated heterocycles. The smallest absolute Gasteiger partial charge is 0.291 e. The molecule has 0 fully saturated rings. The number of aromatic amines is 1. The summed E-state index contributed by atoms with van der Waals surface area (Å²) in [6.07, 6.45) is 1.26. The van der Waals surface area contributed by atoms with Gasteiger partial charge in [0.05, 0.1) is 17.4 Å². The van der Waals surface area contributed by atoms with Crippen LogP contribution in [0.3, 0.4) is 0 Å². The maximum absolute atomic E-state index is 12.4. The average molecular weight is 403 g/mol. The first kappa shape index (κ1) is 16.9. The number of aromatic nitrogens is 4. The number of rotatable bonds is 3. The quantitative estimate of drug-likeness (QED) is 0.583. The summed E-state index contributed by atoms with van der Waals surface area (Å²) in [4.78, 5) is 24.2.